The lowest BCUT2D eigenvalue weighted by Gasteiger charge is -2.33. The Balaban J connectivity index is 0.00000161. The van der Waals surface area contributed by atoms with Crippen LogP contribution in [-0.4, -0.2) is 35.5 Å². The van der Waals surface area contributed by atoms with Gasteiger partial charge in [-0.05, 0) is 47.6 Å². The molecular weight excluding hydrogens is 403 g/mol. The molecule has 1 aliphatic heterocycles. The molecule has 3 rings (SSSR count). The molecule has 2 N–H and O–H groups in total. The summed E-state index contributed by atoms with van der Waals surface area (Å²) in [5.41, 5.74) is 5.44. The second-order valence-corrected chi connectivity index (χ2v) is 6.86. The highest BCUT2D eigenvalue weighted by Gasteiger charge is 2.48. The van der Waals surface area contributed by atoms with Crippen molar-refractivity contribution in [3.05, 3.63) is 27.8 Å². The Hall–Kier alpha value is -0.530. The maximum absolute atomic E-state index is 12.2. The number of para-hydroxylation sites is 1. The third-order valence-corrected chi connectivity index (χ3v) is 4.97. The monoisotopic (exact) mass is 422 g/mol. The van der Waals surface area contributed by atoms with Gasteiger partial charge in [0.25, 0.3) is 0 Å². The van der Waals surface area contributed by atoms with Crippen LogP contribution in [0.15, 0.2) is 24.3 Å². The number of rotatable bonds is 3. The minimum atomic E-state index is -0.539. The first kappa shape index (κ1) is 16.8. The highest BCUT2D eigenvalue weighted by atomic mass is 127. The SMILES string of the molecule is Cl.NC1(C(=O)N2CCC(Oc3ccccc3I)CC2)CC1. The summed E-state index contributed by atoms with van der Waals surface area (Å²) >= 11 is 2.28. The van der Waals surface area contributed by atoms with Crippen molar-refractivity contribution < 1.29 is 9.53 Å². The lowest BCUT2D eigenvalue weighted by Crippen LogP contribution is -2.50. The molecule has 6 heteroatoms. The van der Waals surface area contributed by atoms with Crippen LogP contribution in [0.4, 0.5) is 0 Å². The number of nitrogens with two attached hydrogens (primary N) is 1. The van der Waals surface area contributed by atoms with Crippen molar-refractivity contribution >= 4 is 40.9 Å². The summed E-state index contributed by atoms with van der Waals surface area (Å²) in [7, 11) is 0. The molecule has 0 bridgehead atoms. The van der Waals surface area contributed by atoms with Gasteiger partial charge in [0.1, 0.15) is 11.9 Å². The minimum absolute atomic E-state index is 0. The molecule has 0 radical (unpaired) electrons. The predicted molar refractivity (Wildman–Crippen MR) is 92.8 cm³/mol. The molecule has 1 saturated carbocycles. The van der Waals surface area contributed by atoms with Crippen LogP contribution >= 0.6 is 35.0 Å². The molecular formula is C15H20ClIN2O2. The Morgan fingerprint density at radius 3 is 2.48 bits per heavy atom. The van der Waals surface area contributed by atoms with Gasteiger partial charge < -0.3 is 15.4 Å². The molecule has 116 valence electrons. The Morgan fingerprint density at radius 2 is 1.90 bits per heavy atom. The van der Waals surface area contributed by atoms with E-state index in [9.17, 15) is 4.79 Å². The Kier molecular flexibility index (Phi) is 5.38. The van der Waals surface area contributed by atoms with Gasteiger partial charge >= 0.3 is 0 Å². The van der Waals surface area contributed by atoms with Crippen molar-refractivity contribution in [2.45, 2.75) is 37.3 Å². The number of nitrogens with zero attached hydrogens (tertiary/aromatic N) is 1. The van der Waals surface area contributed by atoms with Crippen molar-refractivity contribution in [3.8, 4) is 5.75 Å². The zero-order chi connectivity index (χ0) is 14.2. The molecule has 1 aliphatic carbocycles. The van der Waals surface area contributed by atoms with Gasteiger partial charge in [-0.1, -0.05) is 12.1 Å². The smallest absolute Gasteiger partial charge is 0.242 e. The lowest BCUT2D eigenvalue weighted by molar-refractivity contribution is -0.135. The molecule has 1 aromatic rings. The number of likely N-dealkylation sites (tertiary alicyclic amines) is 1. The van der Waals surface area contributed by atoms with E-state index < -0.39 is 5.54 Å². The van der Waals surface area contributed by atoms with Crippen LogP contribution in [0.2, 0.25) is 0 Å². The number of halogens is 2. The molecule has 1 amide bonds. The third kappa shape index (κ3) is 3.81. The predicted octanol–water partition coefficient (Wildman–Crippen LogP) is 2.57. The fourth-order valence-corrected chi connectivity index (χ4v) is 3.07. The third-order valence-electron chi connectivity index (χ3n) is 4.07. The van der Waals surface area contributed by atoms with E-state index >= 15 is 0 Å². The summed E-state index contributed by atoms with van der Waals surface area (Å²) in [4.78, 5) is 14.1. The molecule has 2 aliphatic rings. The number of ether oxygens (including phenoxy) is 1. The molecule has 0 spiro atoms. The van der Waals surface area contributed by atoms with Gasteiger partial charge in [-0.15, -0.1) is 12.4 Å². The summed E-state index contributed by atoms with van der Waals surface area (Å²) in [6, 6.07) is 8.03. The van der Waals surface area contributed by atoms with Crippen LogP contribution in [0.5, 0.6) is 5.75 Å². The highest BCUT2D eigenvalue weighted by molar-refractivity contribution is 14.1. The molecule has 0 aromatic heterocycles. The number of carbonyl (C=O) groups is 1. The van der Waals surface area contributed by atoms with Gasteiger partial charge in [-0.25, -0.2) is 0 Å². The highest BCUT2D eigenvalue weighted by Crippen LogP contribution is 2.35. The fourth-order valence-electron chi connectivity index (χ4n) is 2.56. The zero-order valence-electron chi connectivity index (χ0n) is 11.8. The molecule has 0 atom stereocenters. The van der Waals surface area contributed by atoms with E-state index in [0.717, 1.165) is 48.1 Å². The van der Waals surface area contributed by atoms with E-state index in [-0.39, 0.29) is 24.4 Å². The number of piperidine rings is 1. The number of amides is 1. The maximum Gasteiger partial charge on any atom is 0.242 e. The molecule has 0 unspecified atom stereocenters. The lowest BCUT2D eigenvalue weighted by atomic mass is 10.1. The fraction of sp³-hybridized carbons (Fsp3) is 0.533. The zero-order valence-corrected chi connectivity index (χ0v) is 14.7. The van der Waals surface area contributed by atoms with Crippen LogP contribution in [0.25, 0.3) is 0 Å². The van der Waals surface area contributed by atoms with Gasteiger partial charge in [0.15, 0.2) is 0 Å². The summed E-state index contributed by atoms with van der Waals surface area (Å²) in [5, 5.41) is 0. The van der Waals surface area contributed by atoms with E-state index in [0.29, 0.717) is 0 Å². The normalized spacial score (nSPS) is 20.6. The summed E-state index contributed by atoms with van der Waals surface area (Å²) < 4.78 is 7.17. The van der Waals surface area contributed by atoms with Crippen LogP contribution in [0.1, 0.15) is 25.7 Å². The number of carbonyl (C=O) groups excluding carboxylic acids is 1. The van der Waals surface area contributed by atoms with Crippen molar-refractivity contribution in [1.29, 1.82) is 0 Å². The number of hydrogen-bond donors (Lipinski definition) is 1. The molecule has 2 fully saturated rings. The van der Waals surface area contributed by atoms with Crippen molar-refractivity contribution in [2.75, 3.05) is 13.1 Å². The van der Waals surface area contributed by atoms with Crippen LogP contribution in [-0.2, 0) is 4.79 Å². The molecule has 1 saturated heterocycles. The molecule has 1 heterocycles. The van der Waals surface area contributed by atoms with Gasteiger partial charge in [0.05, 0.1) is 9.11 Å². The summed E-state index contributed by atoms with van der Waals surface area (Å²) in [5.74, 6) is 1.07. The van der Waals surface area contributed by atoms with Crippen LogP contribution in [0.3, 0.4) is 0 Å². The maximum atomic E-state index is 12.2. The van der Waals surface area contributed by atoms with E-state index in [1.54, 1.807) is 0 Å². The van der Waals surface area contributed by atoms with E-state index in [4.69, 9.17) is 10.5 Å². The first-order valence-electron chi connectivity index (χ1n) is 7.08. The van der Waals surface area contributed by atoms with Crippen molar-refractivity contribution in [3.63, 3.8) is 0 Å². The van der Waals surface area contributed by atoms with E-state index in [1.165, 1.54) is 0 Å². The standard InChI is InChI=1S/C15H19IN2O2.ClH/c16-12-3-1-2-4-13(12)20-11-5-9-18(10-6-11)14(19)15(17)7-8-15;/h1-4,11H,5-10,17H2;1H. The van der Waals surface area contributed by atoms with Crippen LogP contribution < -0.4 is 10.5 Å². The first-order chi connectivity index (χ1) is 9.58. The summed E-state index contributed by atoms with van der Waals surface area (Å²) in [6.45, 7) is 1.51. The molecule has 1 aromatic carbocycles. The van der Waals surface area contributed by atoms with Crippen LogP contribution in [0, 0.1) is 3.57 Å². The van der Waals surface area contributed by atoms with Gasteiger partial charge in [-0.3, -0.25) is 4.79 Å². The molecule has 4 nitrogen and oxygen atoms in total. The quantitative estimate of drug-likeness (QED) is 0.762. The topological polar surface area (TPSA) is 55.6 Å². The number of hydrogen-bond acceptors (Lipinski definition) is 3. The second kappa shape index (κ2) is 6.71. The first-order valence-corrected chi connectivity index (χ1v) is 8.16. The van der Waals surface area contributed by atoms with E-state index in [2.05, 4.69) is 22.6 Å². The van der Waals surface area contributed by atoms with Gasteiger partial charge in [0.2, 0.25) is 5.91 Å². The molecule has 21 heavy (non-hydrogen) atoms. The largest absolute Gasteiger partial charge is 0.489 e. The van der Waals surface area contributed by atoms with Crippen molar-refractivity contribution in [1.82, 2.24) is 4.90 Å². The van der Waals surface area contributed by atoms with Gasteiger partial charge in [-0.2, -0.15) is 0 Å². The Labute approximate surface area is 144 Å². The second-order valence-electron chi connectivity index (χ2n) is 5.70. The number of benzene rings is 1. The van der Waals surface area contributed by atoms with E-state index in [1.807, 2.05) is 29.2 Å². The minimum Gasteiger partial charge on any atom is -0.489 e. The summed E-state index contributed by atoms with van der Waals surface area (Å²) in [6.07, 6.45) is 3.64. The van der Waals surface area contributed by atoms with Crippen molar-refractivity contribution in [2.24, 2.45) is 5.73 Å². The Morgan fingerprint density at radius 1 is 1.29 bits per heavy atom. The average Bonchev–Trinajstić information content (AvgIpc) is 3.21. The van der Waals surface area contributed by atoms with Gasteiger partial charge in [0, 0.05) is 25.9 Å². The Bertz CT molecular complexity index is 514. The average molecular weight is 423 g/mol.